The zero-order valence-corrected chi connectivity index (χ0v) is 34.7. The Kier molecular flexibility index (Phi) is 11.5. The van der Waals surface area contributed by atoms with E-state index in [0.717, 1.165) is 6.42 Å². The van der Waals surface area contributed by atoms with Gasteiger partial charge in [0.05, 0.1) is 5.41 Å². The van der Waals surface area contributed by atoms with Gasteiger partial charge in [-0.2, -0.15) is 0 Å². The molecule has 0 heterocycles. The number of nitrogens with two attached hydrogens (primary N) is 2. The minimum absolute atomic E-state index is 0.656. The molecule has 1 spiro atoms. The molecule has 10 rings (SSSR count). The van der Waals surface area contributed by atoms with Gasteiger partial charge in [0, 0.05) is 0 Å². The van der Waals surface area contributed by atoms with Gasteiger partial charge in [-0.3, -0.25) is 11.7 Å². The first kappa shape index (κ1) is 39.8. The lowest BCUT2D eigenvalue weighted by Gasteiger charge is -2.37. The number of allylic oxidation sites excluding steroid dienone is 11. The number of hydrazine groups is 1. The Morgan fingerprint density at radius 1 is 0.516 bits per heavy atom. The fourth-order valence-electron chi connectivity index (χ4n) is 9.60. The van der Waals surface area contributed by atoms with Crippen molar-refractivity contribution in [2.75, 3.05) is 0 Å². The number of hydrogen-bond acceptors (Lipinski definition) is 2. The van der Waals surface area contributed by atoms with Crippen LogP contribution in [0.3, 0.4) is 0 Å². The summed E-state index contributed by atoms with van der Waals surface area (Å²) in [4.78, 5) is 0. The van der Waals surface area contributed by atoms with Gasteiger partial charge in [0.2, 0.25) is 0 Å². The van der Waals surface area contributed by atoms with E-state index in [-0.39, 0.29) is 0 Å². The zero-order valence-electron chi connectivity index (χ0n) is 34.7. The molecule has 0 aromatic heterocycles. The van der Waals surface area contributed by atoms with Crippen LogP contribution in [0.5, 0.6) is 0 Å². The van der Waals surface area contributed by atoms with Gasteiger partial charge in [-0.05, 0) is 106 Å². The second-order valence-electron chi connectivity index (χ2n) is 15.5. The van der Waals surface area contributed by atoms with Crippen LogP contribution in [0.15, 0.2) is 249 Å². The van der Waals surface area contributed by atoms with Gasteiger partial charge in [-0.25, -0.2) is 0 Å². The van der Waals surface area contributed by atoms with Crippen molar-refractivity contribution >= 4 is 33.2 Å². The molecule has 298 valence electrons. The Balaban J connectivity index is 0.00000242. The number of hydrogen-bond donors (Lipinski definition) is 2. The maximum atomic E-state index is 4.00. The van der Waals surface area contributed by atoms with Crippen molar-refractivity contribution in [2.24, 2.45) is 11.7 Å². The molecule has 0 radical (unpaired) electrons. The molecule has 0 saturated carbocycles. The van der Waals surface area contributed by atoms with Gasteiger partial charge in [-0.1, -0.05) is 243 Å². The third kappa shape index (κ3) is 7.12. The molecule has 0 saturated heterocycles. The van der Waals surface area contributed by atoms with Gasteiger partial charge in [0.1, 0.15) is 0 Å². The zero-order chi connectivity index (χ0) is 42.3. The highest BCUT2D eigenvalue weighted by molar-refractivity contribution is 6.19. The van der Waals surface area contributed by atoms with E-state index in [9.17, 15) is 0 Å². The second-order valence-corrected chi connectivity index (χ2v) is 15.5. The van der Waals surface area contributed by atoms with Crippen molar-refractivity contribution < 1.29 is 0 Å². The largest absolute Gasteiger partial charge is 0.274 e. The summed E-state index contributed by atoms with van der Waals surface area (Å²) in [5.74, 6) is 8.00. The lowest BCUT2D eigenvalue weighted by atomic mass is 9.64. The van der Waals surface area contributed by atoms with Crippen molar-refractivity contribution in [3.05, 3.63) is 288 Å². The Morgan fingerprint density at radius 3 is 1.87 bits per heavy atom. The average molecular weight is 797 g/mol. The molecular weight excluding hydrogens is 749 g/mol. The quantitative estimate of drug-likeness (QED) is 0.0696. The summed E-state index contributed by atoms with van der Waals surface area (Å²) < 4.78 is 0. The van der Waals surface area contributed by atoms with Gasteiger partial charge >= 0.3 is 0 Å². The Labute approximate surface area is 365 Å². The lowest BCUT2D eigenvalue weighted by Crippen LogP contribution is -2.31. The van der Waals surface area contributed by atoms with Crippen molar-refractivity contribution in [3.8, 4) is 22.3 Å². The molecule has 2 heteroatoms. The second kappa shape index (κ2) is 17.9. The Hall–Kier alpha value is -7.62. The predicted molar refractivity (Wildman–Crippen MR) is 265 cm³/mol. The first-order valence-electron chi connectivity index (χ1n) is 21.2. The Morgan fingerprint density at radius 2 is 1.11 bits per heavy atom. The van der Waals surface area contributed by atoms with Crippen LogP contribution in [0.1, 0.15) is 38.9 Å². The van der Waals surface area contributed by atoms with E-state index in [4.69, 9.17) is 0 Å². The fourth-order valence-corrected chi connectivity index (χ4v) is 9.60. The van der Waals surface area contributed by atoms with Crippen molar-refractivity contribution in [1.29, 1.82) is 0 Å². The molecule has 62 heavy (non-hydrogen) atoms. The molecule has 8 aromatic rings. The third-order valence-corrected chi connectivity index (χ3v) is 12.2. The average Bonchev–Trinajstić information content (AvgIpc) is 3.65. The minimum Gasteiger partial charge on any atom is -0.274 e. The maximum Gasteiger partial charge on any atom is 0.0725 e. The lowest BCUT2D eigenvalue weighted by molar-refractivity contribution is 0.771. The van der Waals surface area contributed by atoms with Gasteiger partial charge in [0.25, 0.3) is 0 Å². The van der Waals surface area contributed by atoms with Crippen molar-refractivity contribution in [3.63, 3.8) is 0 Å². The van der Waals surface area contributed by atoms with Crippen molar-refractivity contribution in [2.45, 2.75) is 11.8 Å². The van der Waals surface area contributed by atoms with E-state index in [0.29, 0.717) is 0 Å². The maximum absolute atomic E-state index is 4.00. The number of rotatable bonds is 8. The van der Waals surface area contributed by atoms with Crippen LogP contribution >= 0.6 is 0 Å². The monoisotopic (exact) mass is 796 g/mol. The standard InChI is InChI=1S/C60H44.H4N2/c1-2-3-4-5-12-27-49-28-15-13-25-47-26-14-20-33-56(47)60(49)57-42-48(39-41-55(57)58-53-31-18-16-29-51(53)52-30-17-19-32-54(52)59(58)60)50(40-34-43-21-8-6-9-22-43)46-37-35-45(36-38-46)44-23-10-7-11-24-44;1-2/h2-33,35-42H,1,34H2;1-2H2/b4-3-,12-5-,25-13-,28-15-,49-27-,50-40+;. The summed E-state index contributed by atoms with van der Waals surface area (Å²) in [6, 6.07) is 64.9. The predicted octanol–water partition coefficient (Wildman–Crippen LogP) is 14.3. The molecule has 2 aliphatic rings. The van der Waals surface area contributed by atoms with E-state index >= 15 is 0 Å². The van der Waals surface area contributed by atoms with Crippen LogP contribution < -0.4 is 11.7 Å². The molecule has 0 bridgehead atoms. The van der Waals surface area contributed by atoms with Gasteiger partial charge in [0.15, 0.2) is 0 Å². The highest BCUT2D eigenvalue weighted by Crippen LogP contribution is 2.62. The molecule has 1 atom stereocenters. The molecule has 1 unspecified atom stereocenters. The van der Waals surface area contributed by atoms with Crippen molar-refractivity contribution in [1.82, 2.24) is 0 Å². The molecular formula is C60H48N2. The highest BCUT2D eigenvalue weighted by Gasteiger charge is 2.49. The van der Waals surface area contributed by atoms with E-state index in [2.05, 4.69) is 243 Å². The number of benzene rings is 8. The summed E-state index contributed by atoms with van der Waals surface area (Å²) in [5, 5.41) is 5.09. The van der Waals surface area contributed by atoms with Gasteiger partial charge < -0.3 is 0 Å². The molecule has 2 nitrogen and oxygen atoms in total. The Bertz CT molecular complexity index is 3100. The van der Waals surface area contributed by atoms with E-state index in [1.165, 1.54) is 93.9 Å². The summed E-state index contributed by atoms with van der Waals surface area (Å²) in [6.07, 6.45) is 24.7. The van der Waals surface area contributed by atoms with Crippen LogP contribution in [0, 0.1) is 0 Å². The van der Waals surface area contributed by atoms with Gasteiger partial charge in [-0.15, -0.1) is 0 Å². The highest BCUT2D eigenvalue weighted by atomic mass is 15.0. The molecule has 0 amide bonds. The van der Waals surface area contributed by atoms with Crippen LogP contribution in [-0.2, 0) is 11.8 Å². The topological polar surface area (TPSA) is 52.0 Å². The first-order chi connectivity index (χ1) is 30.8. The van der Waals surface area contributed by atoms with Crippen LogP contribution in [0.4, 0.5) is 0 Å². The molecule has 0 aliphatic heterocycles. The normalized spacial score (nSPS) is 17.0. The summed E-state index contributed by atoms with van der Waals surface area (Å²) >= 11 is 0. The smallest absolute Gasteiger partial charge is 0.0725 e. The molecule has 8 aromatic carbocycles. The summed E-state index contributed by atoms with van der Waals surface area (Å²) in [6.45, 7) is 3.89. The third-order valence-electron chi connectivity index (χ3n) is 12.2. The first-order valence-corrected chi connectivity index (χ1v) is 21.2. The summed E-state index contributed by atoms with van der Waals surface area (Å²) in [5.41, 5.74) is 15.6. The minimum atomic E-state index is -0.656. The number of fused-ring (bicyclic) bond motifs is 12. The molecule has 0 fully saturated rings. The van der Waals surface area contributed by atoms with Crippen LogP contribution in [-0.4, -0.2) is 0 Å². The van der Waals surface area contributed by atoms with E-state index < -0.39 is 5.41 Å². The molecule has 2 aliphatic carbocycles. The fraction of sp³-hybridized carbons (Fsp3) is 0.0333. The van der Waals surface area contributed by atoms with E-state index in [1.54, 1.807) is 0 Å². The summed E-state index contributed by atoms with van der Waals surface area (Å²) in [7, 11) is 0. The van der Waals surface area contributed by atoms with E-state index in [1.807, 2.05) is 18.2 Å². The SMILES string of the molecule is C=C\C=C/C=C\C=C1\C=C/C=C\c2ccccc2C12c1cc(/C(=C/Cc3ccccc3)c3ccc(-c4ccccc4)cc3)ccc1-c1c2c2ccccc2c2ccccc12.NN. The van der Waals surface area contributed by atoms with Crippen LogP contribution in [0.2, 0.25) is 0 Å². The molecule has 4 N–H and O–H groups in total. The van der Waals surface area contributed by atoms with Crippen LogP contribution in [0.25, 0.3) is 55.4 Å².